The predicted octanol–water partition coefficient (Wildman–Crippen LogP) is 6.89. The van der Waals surface area contributed by atoms with Gasteiger partial charge in [-0.2, -0.15) is 12.6 Å². The summed E-state index contributed by atoms with van der Waals surface area (Å²) in [5.41, 5.74) is 1.22. The van der Waals surface area contributed by atoms with E-state index in [0.29, 0.717) is 16.9 Å². The van der Waals surface area contributed by atoms with Gasteiger partial charge in [0.05, 0.1) is 18.4 Å². The maximum atomic E-state index is 14.8. The molecule has 0 aliphatic carbocycles. The van der Waals surface area contributed by atoms with Gasteiger partial charge in [-0.1, -0.05) is 38.1 Å². The van der Waals surface area contributed by atoms with E-state index in [9.17, 15) is 23.9 Å². The summed E-state index contributed by atoms with van der Waals surface area (Å²) in [4.78, 5) is 38.3. The molecule has 0 saturated carbocycles. The average molecular weight is 624 g/mol. The Morgan fingerprint density at radius 2 is 1.64 bits per heavy atom. The van der Waals surface area contributed by atoms with E-state index in [4.69, 9.17) is 9.47 Å². The van der Waals surface area contributed by atoms with Gasteiger partial charge in [0.25, 0.3) is 11.5 Å². The second-order valence-corrected chi connectivity index (χ2v) is 9.10. The van der Waals surface area contributed by atoms with E-state index >= 15 is 0 Å². The zero-order valence-corrected chi connectivity index (χ0v) is 26.7. The Bertz CT molecular complexity index is 1660. The van der Waals surface area contributed by atoms with E-state index in [2.05, 4.69) is 23.3 Å². The van der Waals surface area contributed by atoms with Crippen LogP contribution >= 0.6 is 12.6 Å². The lowest BCUT2D eigenvalue weighted by molar-refractivity contribution is 0.0695. The number of ether oxygens (including phenoxy) is 2. The van der Waals surface area contributed by atoms with E-state index in [0.717, 1.165) is 11.6 Å². The molecule has 3 aromatic carbocycles. The van der Waals surface area contributed by atoms with Crippen molar-refractivity contribution < 1.29 is 28.6 Å². The van der Waals surface area contributed by atoms with Crippen molar-refractivity contribution in [2.75, 3.05) is 18.7 Å². The average Bonchev–Trinajstić information content (AvgIpc) is 3.02. The van der Waals surface area contributed by atoms with Crippen molar-refractivity contribution in [1.29, 1.82) is 0 Å². The number of rotatable bonds is 9. The van der Waals surface area contributed by atoms with E-state index in [-0.39, 0.29) is 40.7 Å². The molecule has 1 aromatic heterocycles. The number of halogens is 1. The highest BCUT2D eigenvalue weighted by Gasteiger charge is 2.24. The molecule has 1 amide bonds. The number of carbonyl (C=O) groups is 2. The number of hydrogen-bond acceptors (Lipinski definition) is 7. The summed E-state index contributed by atoms with van der Waals surface area (Å²) in [6.07, 6.45) is 1.69. The van der Waals surface area contributed by atoms with Crippen molar-refractivity contribution >= 4 is 36.0 Å². The zero-order valence-electron chi connectivity index (χ0n) is 25.8. The molecule has 0 bridgehead atoms. The molecule has 0 aliphatic rings. The Kier molecular flexibility index (Phi) is 13.5. The zero-order chi connectivity index (χ0) is 33.0. The van der Waals surface area contributed by atoms with Crippen molar-refractivity contribution in [3.8, 4) is 17.2 Å². The fourth-order valence-corrected chi connectivity index (χ4v) is 4.06. The van der Waals surface area contributed by atoms with Crippen LogP contribution < -0.4 is 25.7 Å². The Balaban J connectivity index is 0.00000162. The van der Waals surface area contributed by atoms with Crippen LogP contribution in [-0.2, 0) is 13.6 Å². The van der Waals surface area contributed by atoms with Crippen LogP contribution in [0.4, 0.5) is 15.9 Å². The molecule has 0 radical (unpaired) electrons. The number of thiol groups is 1. The molecule has 44 heavy (non-hydrogen) atoms. The van der Waals surface area contributed by atoms with Crippen molar-refractivity contribution in [3.63, 3.8) is 0 Å². The number of aryl methyl sites for hydroxylation is 1. The number of aromatic nitrogens is 1. The summed E-state index contributed by atoms with van der Waals surface area (Å²) in [6.45, 7) is 7.43. The van der Waals surface area contributed by atoms with Gasteiger partial charge in [0, 0.05) is 25.2 Å². The number of nitrogens with zero attached hydrogens (tertiary/aromatic N) is 1. The number of carbonyl (C=O) groups excluding carboxylic acids is 1. The number of hydrogen-bond donors (Lipinski definition) is 4. The van der Waals surface area contributed by atoms with Gasteiger partial charge < -0.3 is 25.2 Å². The highest BCUT2D eigenvalue weighted by molar-refractivity contribution is 7.79. The standard InChI is InChI=1S/C30H28FN3O6.C2H6.CH4S/c1-17-8-13-23(22(31)14-17)33-28-27(29(36)32-16-19-9-11-20(39-4)12-10-19)25(15-26(35)34(28)3)40-24-7-5-6-21(18(24)2)30(37)38;2*1-2/h5-15,33H,16H2,1-4H3,(H,32,36)(H,37,38);1-2H3;2H,1H3. The molecular weight excluding hydrogens is 585 g/mol. The number of pyridine rings is 1. The first-order chi connectivity index (χ1) is 21.1. The SMILES string of the molecule is CC.COc1ccc(CNC(=O)c2c(Oc3cccc(C(=O)O)c3C)cc(=O)n(C)c2Nc2ccc(C)cc2F)cc1.CS. The van der Waals surface area contributed by atoms with Crippen molar-refractivity contribution in [2.45, 2.75) is 34.2 Å². The molecule has 0 atom stereocenters. The van der Waals surface area contributed by atoms with E-state index in [1.54, 1.807) is 57.5 Å². The van der Waals surface area contributed by atoms with Crippen LogP contribution in [0.25, 0.3) is 0 Å². The van der Waals surface area contributed by atoms with Gasteiger partial charge in [0.1, 0.15) is 34.4 Å². The third-order valence-electron chi connectivity index (χ3n) is 6.36. The topological polar surface area (TPSA) is 119 Å². The number of aromatic carboxylic acids is 1. The van der Waals surface area contributed by atoms with Crippen LogP contribution in [-0.4, -0.2) is 34.9 Å². The molecule has 4 rings (SSSR count). The van der Waals surface area contributed by atoms with Crippen molar-refractivity contribution in [2.24, 2.45) is 7.05 Å². The quantitative estimate of drug-likeness (QED) is 0.150. The Morgan fingerprint density at radius 3 is 2.23 bits per heavy atom. The van der Waals surface area contributed by atoms with Crippen LogP contribution in [0.1, 0.15) is 51.3 Å². The molecule has 11 heteroatoms. The number of carboxylic acids is 1. The fraction of sp³-hybridized carbons (Fsp3) is 0.242. The van der Waals surface area contributed by atoms with Gasteiger partial charge in [-0.15, -0.1) is 0 Å². The summed E-state index contributed by atoms with van der Waals surface area (Å²) in [6, 6.07) is 17.2. The van der Waals surface area contributed by atoms with Crippen molar-refractivity contribution in [3.05, 3.63) is 111 Å². The maximum absolute atomic E-state index is 14.8. The lowest BCUT2D eigenvalue weighted by Gasteiger charge is -2.20. The first kappa shape index (κ1) is 35.4. The number of carboxylic acid groups (broad SMARTS) is 1. The van der Waals surface area contributed by atoms with Crippen LogP contribution in [0.5, 0.6) is 17.2 Å². The summed E-state index contributed by atoms with van der Waals surface area (Å²) in [5, 5.41) is 15.2. The number of methoxy groups -OCH3 is 1. The summed E-state index contributed by atoms with van der Waals surface area (Å²) in [5.74, 6) is -1.67. The summed E-state index contributed by atoms with van der Waals surface area (Å²) < 4.78 is 27.2. The molecular formula is C33H38FN3O6S. The molecule has 3 N–H and O–H groups in total. The minimum atomic E-state index is -1.15. The first-order valence-corrected chi connectivity index (χ1v) is 14.6. The fourth-order valence-electron chi connectivity index (χ4n) is 4.06. The van der Waals surface area contributed by atoms with Gasteiger partial charge in [-0.3, -0.25) is 14.2 Å². The predicted molar refractivity (Wildman–Crippen MR) is 175 cm³/mol. The molecule has 0 spiro atoms. The second-order valence-electron chi connectivity index (χ2n) is 9.10. The van der Waals surface area contributed by atoms with E-state index in [1.807, 2.05) is 13.8 Å². The summed E-state index contributed by atoms with van der Waals surface area (Å²) >= 11 is 3.53. The number of anilines is 2. The minimum absolute atomic E-state index is 0.00640. The van der Waals surface area contributed by atoms with Gasteiger partial charge in [-0.25, -0.2) is 9.18 Å². The van der Waals surface area contributed by atoms with E-state index in [1.165, 1.54) is 41.9 Å². The van der Waals surface area contributed by atoms with Crippen molar-refractivity contribution in [1.82, 2.24) is 9.88 Å². The minimum Gasteiger partial charge on any atom is -0.497 e. The highest BCUT2D eigenvalue weighted by atomic mass is 32.1. The molecule has 0 fully saturated rings. The Morgan fingerprint density at radius 1 is 0.977 bits per heavy atom. The van der Waals surface area contributed by atoms with Crippen LogP contribution in [0.15, 0.2) is 71.5 Å². The summed E-state index contributed by atoms with van der Waals surface area (Å²) in [7, 11) is 2.99. The number of amides is 1. The number of nitrogens with one attached hydrogen (secondary N) is 2. The van der Waals surface area contributed by atoms with Gasteiger partial charge in [0.2, 0.25) is 0 Å². The van der Waals surface area contributed by atoms with Gasteiger partial charge in [0.15, 0.2) is 0 Å². The van der Waals surface area contributed by atoms with E-state index < -0.39 is 23.3 Å². The highest BCUT2D eigenvalue weighted by Crippen LogP contribution is 2.34. The van der Waals surface area contributed by atoms with Crippen LogP contribution in [0.2, 0.25) is 0 Å². The molecule has 9 nitrogen and oxygen atoms in total. The molecule has 1 heterocycles. The van der Waals surface area contributed by atoms with Gasteiger partial charge in [-0.05, 0) is 67.6 Å². The van der Waals surface area contributed by atoms with Gasteiger partial charge >= 0.3 is 5.97 Å². The molecule has 0 unspecified atom stereocenters. The first-order valence-electron chi connectivity index (χ1n) is 13.7. The lowest BCUT2D eigenvalue weighted by atomic mass is 10.1. The molecule has 0 aliphatic heterocycles. The third kappa shape index (κ3) is 8.63. The smallest absolute Gasteiger partial charge is 0.336 e. The molecule has 234 valence electrons. The maximum Gasteiger partial charge on any atom is 0.336 e. The third-order valence-corrected chi connectivity index (χ3v) is 6.36. The largest absolute Gasteiger partial charge is 0.497 e. The Hall–Kier alpha value is -4.77. The monoisotopic (exact) mass is 623 g/mol. The number of benzene rings is 3. The second kappa shape index (κ2) is 16.8. The normalized spacial score (nSPS) is 9.93. The molecule has 4 aromatic rings. The van der Waals surface area contributed by atoms with Crippen LogP contribution in [0, 0.1) is 19.7 Å². The Labute approximate surface area is 262 Å². The molecule has 0 saturated heterocycles. The lowest BCUT2D eigenvalue weighted by Crippen LogP contribution is -2.29. The van der Waals surface area contributed by atoms with Crippen LogP contribution in [0.3, 0.4) is 0 Å².